The molecule has 2 aliphatic heterocycles. The maximum atomic E-state index is 12.8. The second-order valence-electron chi connectivity index (χ2n) is 7.85. The molecule has 1 aromatic rings. The van der Waals surface area contributed by atoms with Crippen LogP contribution in [0, 0.1) is 5.92 Å². The third-order valence-electron chi connectivity index (χ3n) is 5.75. The molecule has 6 nitrogen and oxygen atoms in total. The summed E-state index contributed by atoms with van der Waals surface area (Å²) in [5.74, 6) is 0.943. The third kappa shape index (κ3) is 3.74. The Bertz CT molecular complexity index is 796. The molecule has 0 bridgehead atoms. The molecule has 2 fully saturated rings. The number of amides is 1. The lowest BCUT2D eigenvalue weighted by molar-refractivity contribution is 0.0705. The van der Waals surface area contributed by atoms with Crippen LogP contribution in [0.2, 0.25) is 0 Å². The van der Waals surface area contributed by atoms with Crippen LogP contribution in [0.3, 0.4) is 0 Å². The van der Waals surface area contributed by atoms with E-state index in [2.05, 4.69) is 5.32 Å². The van der Waals surface area contributed by atoms with Crippen molar-refractivity contribution < 1.29 is 13.2 Å². The summed E-state index contributed by atoms with van der Waals surface area (Å²) in [6, 6.07) is 5.95. The highest BCUT2D eigenvalue weighted by Gasteiger charge is 2.29. The molecule has 142 valence electrons. The Balaban J connectivity index is 1.38. The average Bonchev–Trinajstić information content (AvgIpc) is 3.35. The maximum absolute atomic E-state index is 12.8. The summed E-state index contributed by atoms with van der Waals surface area (Å²) in [5, 5.41) is 3.64. The van der Waals surface area contributed by atoms with Crippen molar-refractivity contribution in [1.82, 2.24) is 10.2 Å². The number of rotatable bonds is 5. The number of benzene rings is 1. The van der Waals surface area contributed by atoms with E-state index in [1.54, 1.807) is 12.1 Å². The number of carbonyl (C=O) groups excluding carboxylic acids is 1. The van der Waals surface area contributed by atoms with Gasteiger partial charge in [0.1, 0.15) is 0 Å². The zero-order chi connectivity index (χ0) is 18.3. The largest absolute Gasteiger partial charge is 0.339 e. The number of carbonyl (C=O) groups is 1. The zero-order valence-electron chi connectivity index (χ0n) is 15.3. The molecule has 0 atom stereocenters. The van der Waals surface area contributed by atoms with Gasteiger partial charge in [0.15, 0.2) is 0 Å². The van der Waals surface area contributed by atoms with Crippen LogP contribution in [0.5, 0.6) is 0 Å². The lowest BCUT2D eigenvalue weighted by Gasteiger charge is -2.32. The number of fused-ring (bicyclic) bond motifs is 1. The summed E-state index contributed by atoms with van der Waals surface area (Å²) in [5.41, 5.74) is 2.33. The minimum atomic E-state index is -3.25. The molecule has 0 spiro atoms. The number of likely N-dealkylation sites (tertiary alicyclic amines) is 1. The second-order valence-corrected chi connectivity index (χ2v) is 9.75. The quantitative estimate of drug-likeness (QED) is 0.846. The molecule has 2 heterocycles. The first-order chi connectivity index (χ1) is 12.4. The smallest absolute Gasteiger partial charge is 0.253 e. The minimum Gasteiger partial charge on any atom is -0.339 e. The molecular formula is C19H27N3O3S. The summed E-state index contributed by atoms with van der Waals surface area (Å²) in [4.78, 5) is 14.8. The highest BCUT2D eigenvalue weighted by molar-refractivity contribution is 7.92. The van der Waals surface area contributed by atoms with Gasteiger partial charge in [-0.05, 0) is 68.3 Å². The maximum Gasteiger partial charge on any atom is 0.253 e. The Kier molecular flexibility index (Phi) is 4.69. The van der Waals surface area contributed by atoms with E-state index >= 15 is 0 Å². The van der Waals surface area contributed by atoms with Crippen LogP contribution in [0.1, 0.15) is 41.6 Å². The van der Waals surface area contributed by atoms with Crippen molar-refractivity contribution in [2.24, 2.45) is 5.92 Å². The standard InChI is InChI=1S/C19H27N3O3S/c1-26(24,25)22-11-6-15-12-16(4-5-18(15)22)19(23)21-9-7-17(8-10-21)20-13-14-2-3-14/h4-5,12,14,17,20H,2-3,6-11,13H2,1H3. The molecule has 1 aliphatic carbocycles. The van der Waals surface area contributed by atoms with Crippen molar-refractivity contribution >= 4 is 21.6 Å². The molecule has 0 unspecified atom stereocenters. The van der Waals surface area contributed by atoms with E-state index in [9.17, 15) is 13.2 Å². The SMILES string of the molecule is CS(=O)(=O)N1CCc2cc(C(=O)N3CCC(NCC4CC4)CC3)ccc21. The molecule has 26 heavy (non-hydrogen) atoms. The van der Waals surface area contributed by atoms with Gasteiger partial charge in [-0.25, -0.2) is 8.42 Å². The molecule has 7 heteroatoms. The first-order valence-corrected chi connectivity index (χ1v) is 11.4. The number of hydrogen-bond acceptors (Lipinski definition) is 4. The molecule has 1 amide bonds. The van der Waals surface area contributed by atoms with Crippen LogP contribution in [-0.2, 0) is 16.4 Å². The molecular weight excluding hydrogens is 350 g/mol. The predicted molar refractivity (Wildman–Crippen MR) is 102 cm³/mol. The summed E-state index contributed by atoms with van der Waals surface area (Å²) in [6.45, 7) is 3.16. The summed E-state index contributed by atoms with van der Waals surface area (Å²) in [6.07, 6.45) is 6.62. The fraction of sp³-hybridized carbons (Fsp3) is 0.632. The summed E-state index contributed by atoms with van der Waals surface area (Å²) >= 11 is 0. The van der Waals surface area contributed by atoms with E-state index in [1.807, 2.05) is 11.0 Å². The topological polar surface area (TPSA) is 69.7 Å². The van der Waals surface area contributed by atoms with Crippen LogP contribution < -0.4 is 9.62 Å². The van der Waals surface area contributed by atoms with Gasteiger partial charge in [-0.3, -0.25) is 9.10 Å². The predicted octanol–water partition coefficient (Wildman–Crippen LogP) is 1.61. The first-order valence-electron chi connectivity index (χ1n) is 9.55. The fourth-order valence-corrected chi connectivity index (χ4v) is 4.93. The Morgan fingerprint density at radius 3 is 2.54 bits per heavy atom. The lowest BCUT2D eigenvalue weighted by Crippen LogP contribution is -2.45. The zero-order valence-corrected chi connectivity index (χ0v) is 16.1. The fourth-order valence-electron chi connectivity index (χ4n) is 3.97. The highest BCUT2D eigenvalue weighted by atomic mass is 32.2. The number of hydrogen-bond donors (Lipinski definition) is 1. The minimum absolute atomic E-state index is 0.0613. The molecule has 4 rings (SSSR count). The van der Waals surface area contributed by atoms with Gasteiger partial charge in [0, 0.05) is 31.2 Å². The van der Waals surface area contributed by atoms with E-state index in [-0.39, 0.29) is 5.91 Å². The van der Waals surface area contributed by atoms with Gasteiger partial charge < -0.3 is 10.2 Å². The van der Waals surface area contributed by atoms with Gasteiger partial charge in [0.2, 0.25) is 10.0 Å². The lowest BCUT2D eigenvalue weighted by atomic mass is 10.0. The van der Waals surface area contributed by atoms with Gasteiger partial charge in [-0.1, -0.05) is 0 Å². The molecule has 3 aliphatic rings. The molecule has 1 saturated heterocycles. The van der Waals surface area contributed by atoms with Gasteiger partial charge in [0.05, 0.1) is 11.9 Å². The van der Waals surface area contributed by atoms with Crippen molar-refractivity contribution in [2.45, 2.75) is 38.1 Å². The van der Waals surface area contributed by atoms with E-state index in [1.165, 1.54) is 23.4 Å². The van der Waals surface area contributed by atoms with Gasteiger partial charge >= 0.3 is 0 Å². The molecule has 1 N–H and O–H groups in total. The number of sulfonamides is 1. The number of nitrogens with one attached hydrogen (secondary N) is 1. The first kappa shape index (κ1) is 17.8. The van der Waals surface area contributed by atoms with E-state index in [4.69, 9.17) is 0 Å². The van der Waals surface area contributed by atoms with E-state index in [0.717, 1.165) is 44.0 Å². The Morgan fingerprint density at radius 1 is 1.15 bits per heavy atom. The molecule has 1 aromatic carbocycles. The molecule has 1 saturated carbocycles. The highest BCUT2D eigenvalue weighted by Crippen LogP contribution is 2.31. The summed E-state index contributed by atoms with van der Waals surface area (Å²) < 4.78 is 25.1. The van der Waals surface area contributed by atoms with Crippen LogP contribution in [-0.4, -0.2) is 57.7 Å². The van der Waals surface area contributed by atoms with Crippen molar-refractivity contribution in [3.63, 3.8) is 0 Å². The van der Waals surface area contributed by atoms with Crippen LogP contribution in [0.15, 0.2) is 18.2 Å². The molecule has 0 aromatic heterocycles. The van der Waals surface area contributed by atoms with Gasteiger partial charge in [-0.2, -0.15) is 0 Å². The van der Waals surface area contributed by atoms with E-state index in [0.29, 0.717) is 30.3 Å². The summed E-state index contributed by atoms with van der Waals surface area (Å²) in [7, 11) is -3.25. The van der Waals surface area contributed by atoms with Crippen LogP contribution in [0.4, 0.5) is 5.69 Å². The monoisotopic (exact) mass is 377 g/mol. The van der Waals surface area contributed by atoms with Crippen molar-refractivity contribution in [1.29, 1.82) is 0 Å². The number of anilines is 1. The van der Waals surface area contributed by atoms with Crippen molar-refractivity contribution in [3.8, 4) is 0 Å². The van der Waals surface area contributed by atoms with Gasteiger partial charge in [0.25, 0.3) is 5.91 Å². The van der Waals surface area contributed by atoms with Gasteiger partial charge in [-0.15, -0.1) is 0 Å². The normalized spacial score (nSPS) is 21.1. The Morgan fingerprint density at radius 2 is 1.88 bits per heavy atom. The second kappa shape index (κ2) is 6.85. The van der Waals surface area contributed by atoms with Crippen molar-refractivity contribution in [2.75, 3.05) is 36.7 Å². The van der Waals surface area contributed by atoms with Crippen LogP contribution in [0.25, 0.3) is 0 Å². The van der Waals surface area contributed by atoms with Crippen LogP contribution >= 0.6 is 0 Å². The Labute approximate surface area is 155 Å². The third-order valence-corrected chi connectivity index (χ3v) is 6.93. The van der Waals surface area contributed by atoms with E-state index < -0.39 is 10.0 Å². The Hall–Kier alpha value is -1.60. The number of nitrogens with zero attached hydrogens (tertiary/aromatic N) is 2. The van der Waals surface area contributed by atoms with Crippen molar-refractivity contribution in [3.05, 3.63) is 29.3 Å². The average molecular weight is 378 g/mol. The number of piperidine rings is 1. The molecule has 0 radical (unpaired) electrons.